The number of rotatable bonds is 5. The van der Waals surface area contributed by atoms with Crippen LogP contribution in [0.15, 0.2) is 70.7 Å². The number of carboxylic acid groups (broad SMARTS) is 2. The van der Waals surface area contributed by atoms with Gasteiger partial charge in [0.1, 0.15) is 17.1 Å². The summed E-state index contributed by atoms with van der Waals surface area (Å²) in [6.45, 7) is 0. The predicted octanol–water partition coefficient (Wildman–Crippen LogP) is 3.01. The zero-order valence-corrected chi connectivity index (χ0v) is 16.6. The number of para-hydroxylation sites is 1. The number of hydrogen-bond donors (Lipinski definition) is 3. The van der Waals surface area contributed by atoms with Crippen LogP contribution in [0.3, 0.4) is 0 Å². The zero-order valence-electron chi connectivity index (χ0n) is 16.6. The SMILES string of the molecule is O=C1NC(=O)N(c2ccccc2)C(=O)C1=Cc1ccc(-c2cc(C(=O)O)cc(C(=O)O)c2)o1. The van der Waals surface area contributed by atoms with Crippen molar-refractivity contribution in [3.05, 3.63) is 83.1 Å². The van der Waals surface area contributed by atoms with Gasteiger partial charge in [0.15, 0.2) is 0 Å². The lowest BCUT2D eigenvalue weighted by Gasteiger charge is -2.26. The van der Waals surface area contributed by atoms with Crippen molar-refractivity contribution in [2.45, 2.75) is 0 Å². The highest BCUT2D eigenvalue weighted by molar-refractivity contribution is 6.39. The van der Waals surface area contributed by atoms with Gasteiger partial charge in [0.2, 0.25) is 0 Å². The van der Waals surface area contributed by atoms with Crippen molar-refractivity contribution in [3.8, 4) is 11.3 Å². The summed E-state index contributed by atoms with van der Waals surface area (Å²) in [5.41, 5.74) is -0.410. The van der Waals surface area contributed by atoms with E-state index >= 15 is 0 Å². The van der Waals surface area contributed by atoms with Gasteiger partial charge in [-0.25, -0.2) is 19.3 Å². The van der Waals surface area contributed by atoms with Gasteiger partial charge in [-0.1, -0.05) is 18.2 Å². The molecule has 1 saturated heterocycles. The summed E-state index contributed by atoms with van der Waals surface area (Å²) in [6.07, 6.45) is 1.14. The minimum absolute atomic E-state index is 0.0588. The highest BCUT2D eigenvalue weighted by Crippen LogP contribution is 2.27. The number of aromatic carboxylic acids is 2. The molecular weight excluding hydrogens is 432 g/mol. The molecule has 4 rings (SSSR count). The van der Waals surface area contributed by atoms with Crippen LogP contribution in [0, 0.1) is 0 Å². The van der Waals surface area contributed by atoms with Crippen LogP contribution in [0.25, 0.3) is 17.4 Å². The number of imide groups is 2. The molecule has 3 N–H and O–H groups in total. The van der Waals surface area contributed by atoms with Gasteiger partial charge < -0.3 is 14.6 Å². The molecule has 164 valence electrons. The molecule has 1 aromatic heterocycles. The second kappa shape index (κ2) is 8.27. The first-order valence-corrected chi connectivity index (χ1v) is 9.43. The number of carbonyl (C=O) groups is 5. The molecule has 0 spiro atoms. The molecule has 3 aromatic rings. The molecule has 33 heavy (non-hydrogen) atoms. The molecule has 1 aliphatic heterocycles. The summed E-state index contributed by atoms with van der Waals surface area (Å²) >= 11 is 0. The number of nitrogens with one attached hydrogen (secondary N) is 1. The van der Waals surface area contributed by atoms with Gasteiger partial charge in [-0.15, -0.1) is 0 Å². The van der Waals surface area contributed by atoms with Gasteiger partial charge in [-0.05, 0) is 48.5 Å². The minimum Gasteiger partial charge on any atom is -0.478 e. The Balaban J connectivity index is 1.70. The Hall–Kier alpha value is -4.99. The number of benzene rings is 2. The Morgan fingerprint density at radius 1 is 0.879 bits per heavy atom. The maximum atomic E-state index is 12.9. The van der Waals surface area contributed by atoms with E-state index in [0.29, 0.717) is 0 Å². The minimum atomic E-state index is -1.32. The lowest BCUT2D eigenvalue weighted by Crippen LogP contribution is -2.54. The Bertz CT molecular complexity index is 1320. The number of carbonyl (C=O) groups excluding carboxylic acids is 3. The maximum Gasteiger partial charge on any atom is 0.335 e. The van der Waals surface area contributed by atoms with E-state index in [2.05, 4.69) is 5.32 Å². The lowest BCUT2D eigenvalue weighted by molar-refractivity contribution is -0.122. The molecule has 10 heteroatoms. The second-order valence-corrected chi connectivity index (χ2v) is 6.90. The molecule has 2 aromatic carbocycles. The molecule has 4 amide bonds. The Labute approximate surface area is 185 Å². The highest BCUT2D eigenvalue weighted by atomic mass is 16.4. The summed E-state index contributed by atoms with van der Waals surface area (Å²) in [4.78, 5) is 60.8. The standard InChI is InChI=1S/C23H14N2O8/c26-19-17(20(27)25(23(32)24-19)15-4-2-1-3-5-15)11-16-6-7-18(33-16)12-8-13(21(28)29)10-14(9-12)22(30)31/h1-11H,(H,28,29)(H,30,31)(H,24,26,32). The van der Waals surface area contributed by atoms with E-state index in [4.69, 9.17) is 4.42 Å². The summed E-state index contributed by atoms with van der Waals surface area (Å²) in [6, 6.07) is 13.5. The van der Waals surface area contributed by atoms with E-state index in [-0.39, 0.29) is 39.5 Å². The van der Waals surface area contributed by atoms with Crippen molar-refractivity contribution in [2.75, 3.05) is 4.90 Å². The third kappa shape index (κ3) is 4.12. The number of amides is 4. The molecule has 1 fully saturated rings. The lowest BCUT2D eigenvalue weighted by atomic mass is 10.0. The van der Waals surface area contributed by atoms with E-state index in [1.165, 1.54) is 36.4 Å². The van der Waals surface area contributed by atoms with Gasteiger partial charge in [0.25, 0.3) is 11.8 Å². The van der Waals surface area contributed by atoms with Crippen LogP contribution >= 0.6 is 0 Å². The number of urea groups is 1. The predicted molar refractivity (Wildman–Crippen MR) is 114 cm³/mol. The number of nitrogens with zero attached hydrogens (tertiary/aromatic N) is 1. The normalized spacial score (nSPS) is 15.0. The molecular formula is C23H14N2O8. The molecule has 0 bridgehead atoms. The third-order valence-corrected chi connectivity index (χ3v) is 4.74. The topological polar surface area (TPSA) is 154 Å². The van der Waals surface area contributed by atoms with Gasteiger partial charge in [-0.2, -0.15) is 0 Å². The number of furan rings is 1. The van der Waals surface area contributed by atoms with E-state index in [1.807, 2.05) is 0 Å². The molecule has 0 radical (unpaired) electrons. The van der Waals surface area contributed by atoms with Crippen LogP contribution in [-0.2, 0) is 9.59 Å². The van der Waals surface area contributed by atoms with Crippen LogP contribution in [0.4, 0.5) is 10.5 Å². The highest BCUT2D eigenvalue weighted by Gasteiger charge is 2.37. The first kappa shape index (κ1) is 21.2. The first-order chi connectivity index (χ1) is 15.7. The summed E-state index contributed by atoms with van der Waals surface area (Å²) in [7, 11) is 0. The van der Waals surface area contributed by atoms with E-state index in [9.17, 15) is 34.2 Å². The van der Waals surface area contributed by atoms with Crippen LogP contribution in [0.5, 0.6) is 0 Å². The van der Waals surface area contributed by atoms with Crippen LogP contribution in [0.1, 0.15) is 26.5 Å². The van der Waals surface area contributed by atoms with Crippen LogP contribution in [-0.4, -0.2) is 40.0 Å². The maximum absolute atomic E-state index is 12.9. The average Bonchev–Trinajstić information content (AvgIpc) is 3.25. The van der Waals surface area contributed by atoms with Gasteiger partial charge in [0.05, 0.1) is 16.8 Å². The molecule has 10 nitrogen and oxygen atoms in total. The average molecular weight is 446 g/mol. The van der Waals surface area contributed by atoms with Crippen molar-refractivity contribution in [3.63, 3.8) is 0 Å². The molecule has 0 saturated carbocycles. The first-order valence-electron chi connectivity index (χ1n) is 9.43. The Kier molecular flexibility index (Phi) is 5.32. The number of barbiturate groups is 1. The molecule has 0 unspecified atom stereocenters. The van der Waals surface area contributed by atoms with Crippen LogP contribution < -0.4 is 10.2 Å². The summed E-state index contributed by atoms with van der Waals surface area (Å²) < 4.78 is 5.61. The fourth-order valence-corrected chi connectivity index (χ4v) is 3.21. The second-order valence-electron chi connectivity index (χ2n) is 6.90. The number of carboxylic acids is 2. The number of hydrogen-bond acceptors (Lipinski definition) is 6. The summed E-state index contributed by atoms with van der Waals surface area (Å²) in [5, 5.41) is 20.6. The smallest absolute Gasteiger partial charge is 0.335 e. The van der Waals surface area contributed by atoms with Crippen molar-refractivity contribution >= 4 is 41.5 Å². The quantitative estimate of drug-likeness (QED) is 0.399. The van der Waals surface area contributed by atoms with Crippen molar-refractivity contribution in [1.29, 1.82) is 0 Å². The van der Waals surface area contributed by atoms with Gasteiger partial charge in [-0.3, -0.25) is 14.9 Å². The molecule has 0 atom stereocenters. The molecule has 2 heterocycles. The van der Waals surface area contributed by atoms with Gasteiger partial charge >= 0.3 is 18.0 Å². The van der Waals surface area contributed by atoms with Crippen molar-refractivity contribution in [2.24, 2.45) is 0 Å². The Morgan fingerprint density at radius 3 is 2.12 bits per heavy atom. The van der Waals surface area contributed by atoms with Crippen LogP contribution in [0.2, 0.25) is 0 Å². The largest absolute Gasteiger partial charge is 0.478 e. The molecule has 1 aliphatic rings. The number of anilines is 1. The van der Waals surface area contributed by atoms with E-state index in [1.54, 1.807) is 18.2 Å². The van der Waals surface area contributed by atoms with E-state index in [0.717, 1.165) is 17.0 Å². The van der Waals surface area contributed by atoms with E-state index < -0.39 is 29.8 Å². The monoisotopic (exact) mass is 446 g/mol. The fourth-order valence-electron chi connectivity index (χ4n) is 3.21. The Morgan fingerprint density at radius 2 is 1.52 bits per heavy atom. The zero-order chi connectivity index (χ0) is 23.7. The summed E-state index contributed by atoms with van der Waals surface area (Å²) in [5.74, 6) is -4.22. The fraction of sp³-hybridized carbons (Fsp3) is 0. The van der Waals surface area contributed by atoms with Crippen molar-refractivity contribution < 1.29 is 38.6 Å². The van der Waals surface area contributed by atoms with Crippen molar-refractivity contribution in [1.82, 2.24) is 5.32 Å². The third-order valence-electron chi connectivity index (χ3n) is 4.74. The molecule has 0 aliphatic carbocycles. The van der Waals surface area contributed by atoms with Gasteiger partial charge in [0, 0.05) is 5.56 Å².